The molecule has 0 aliphatic carbocycles. The number of ether oxygens (including phenoxy) is 1. The zero-order valence-corrected chi connectivity index (χ0v) is 7.88. The molecular weight excluding hydrogens is 154 g/mol. The summed E-state index contributed by atoms with van der Waals surface area (Å²) in [5, 5.41) is 0. The second-order valence-corrected chi connectivity index (χ2v) is 2.73. The summed E-state index contributed by atoms with van der Waals surface area (Å²) in [6, 6.07) is 0. The van der Waals surface area contributed by atoms with Crippen LogP contribution in [0.15, 0.2) is 12.7 Å². The maximum atomic E-state index is 10.6. The second-order valence-electron chi connectivity index (χ2n) is 2.73. The topological polar surface area (TPSA) is 29.5 Å². The van der Waals surface area contributed by atoms with Crippen molar-refractivity contribution in [2.45, 2.75) is 19.8 Å². The van der Waals surface area contributed by atoms with Crippen molar-refractivity contribution in [2.24, 2.45) is 0 Å². The molecule has 0 aliphatic rings. The lowest BCUT2D eigenvalue weighted by Crippen LogP contribution is -2.24. The summed E-state index contributed by atoms with van der Waals surface area (Å²) in [6.45, 7) is 6.75. The molecule has 0 amide bonds. The second kappa shape index (κ2) is 6.85. The fourth-order valence-electron chi connectivity index (χ4n) is 0.725. The molecule has 0 aromatic carbocycles. The number of nitrogens with zero attached hydrogens (tertiary/aromatic N) is 1. The largest absolute Gasteiger partial charge is 0.446 e. The van der Waals surface area contributed by atoms with Gasteiger partial charge in [-0.1, -0.05) is 19.9 Å². The number of esters is 1. The van der Waals surface area contributed by atoms with Crippen LogP contribution in [-0.2, 0) is 9.53 Å². The number of rotatable bonds is 6. The quantitative estimate of drug-likeness (QED) is 0.344. The number of unbranched alkanes of at least 4 members (excludes halogenated alkanes) is 1. The molecule has 0 unspecified atom stereocenters. The van der Waals surface area contributed by atoms with Gasteiger partial charge in [0.2, 0.25) is 0 Å². The molecule has 0 aliphatic heterocycles. The summed E-state index contributed by atoms with van der Waals surface area (Å²) in [7, 11) is 1.92. The standard InChI is InChI=1S/C9H17NO2/c1-4-6-7-10(3)8-12-9(11)5-2/h5H,2,4,6-8H2,1,3H3. The Morgan fingerprint density at radius 3 is 2.83 bits per heavy atom. The Hall–Kier alpha value is -0.830. The summed E-state index contributed by atoms with van der Waals surface area (Å²) in [6.07, 6.45) is 3.45. The monoisotopic (exact) mass is 171 g/mol. The zero-order chi connectivity index (χ0) is 9.40. The summed E-state index contributed by atoms with van der Waals surface area (Å²) in [5.74, 6) is -0.363. The molecule has 70 valence electrons. The SMILES string of the molecule is C=CC(=O)OCN(C)CCCC. The highest BCUT2D eigenvalue weighted by atomic mass is 16.5. The van der Waals surface area contributed by atoms with Crippen molar-refractivity contribution in [3.63, 3.8) is 0 Å². The van der Waals surface area contributed by atoms with E-state index >= 15 is 0 Å². The lowest BCUT2D eigenvalue weighted by Gasteiger charge is -2.14. The van der Waals surface area contributed by atoms with E-state index in [1.807, 2.05) is 11.9 Å². The molecule has 3 heteroatoms. The van der Waals surface area contributed by atoms with Crippen LogP contribution in [0.3, 0.4) is 0 Å². The van der Waals surface area contributed by atoms with E-state index < -0.39 is 0 Å². The van der Waals surface area contributed by atoms with E-state index in [0.29, 0.717) is 6.73 Å². The molecule has 0 saturated carbocycles. The first kappa shape index (κ1) is 11.2. The first-order valence-electron chi connectivity index (χ1n) is 4.18. The zero-order valence-electron chi connectivity index (χ0n) is 7.88. The highest BCUT2D eigenvalue weighted by Crippen LogP contribution is 1.92. The third-order valence-corrected chi connectivity index (χ3v) is 1.49. The number of carbonyl (C=O) groups excluding carboxylic acids is 1. The predicted octanol–water partition coefficient (Wildman–Crippen LogP) is 1.41. The van der Waals surface area contributed by atoms with Crippen LogP contribution < -0.4 is 0 Å². The van der Waals surface area contributed by atoms with Crippen LogP contribution in [0.25, 0.3) is 0 Å². The highest BCUT2D eigenvalue weighted by Gasteiger charge is 1.99. The number of carbonyl (C=O) groups is 1. The molecule has 0 heterocycles. The molecule has 0 aromatic heterocycles. The van der Waals surface area contributed by atoms with E-state index in [4.69, 9.17) is 4.74 Å². The molecule has 0 saturated heterocycles. The van der Waals surface area contributed by atoms with Crippen molar-refractivity contribution in [2.75, 3.05) is 20.3 Å². The Morgan fingerprint density at radius 2 is 2.33 bits per heavy atom. The number of hydrogen-bond donors (Lipinski definition) is 0. The van der Waals surface area contributed by atoms with Crippen LogP contribution >= 0.6 is 0 Å². The molecule has 0 aromatic rings. The van der Waals surface area contributed by atoms with Crippen molar-refractivity contribution in [1.82, 2.24) is 4.90 Å². The maximum Gasteiger partial charge on any atom is 0.331 e. The van der Waals surface area contributed by atoms with E-state index in [-0.39, 0.29) is 5.97 Å². The van der Waals surface area contributed by atoms with Crippen molar-refractivity contribution < 1.29 is 9.53 Å². The van der Waals surface area contributed by atoms with E-state index in [2.05, 4.69) is 13.5 Å². The van der Waals surface area contributed by atoms with Crippen LogP contribution in [-0.4, -0.2) is 31.2 Å². The van der Waals surface area contributed by atoms with Crippen LogP contribution in [0, 0.1) is 0 Å². The van der Waals surface area contributed by atoms with Crippen LogP contribution in [0.2, 0.25) is 0 Å². The van der Waals surface area contributed by atoms with Crippen molar-refractivity contribution in [3.8, 4) is 0 Å². The highest BCUT2D eigenvalue weighted by molar-refractivity contribution is 5.81. The summed E-state index contributed by atoms with van der Waals surface area (Å²) < 4.78 is 4.82. The van der Waals surface area contributed by atoms with E-state index in [0.717, 1.165) is 19.4 Å². The van der Waals surface area contributed by atoms with Gasteiger partial charge in [-0.25, -0.2) is 4.79 Å². The van der Waals surface area contributed by atoms with Gasteiger partial charge in [0.05, 0.1) is 0 Å². The van der Waals surface area contributed by atoms with Gasteiger partial charge in [0.15, 0.2) is 0 Å². The van der Waals surface area contributed by atoms with Gasteiger partial charge in [0.1, 0.15) is 6.73 Å². The molecule has 0 bridgehead atoms. The van der Waals surface area contributed by atoms with E-state index in [9.17, 15) is 4.79 Å². The van der Waals surface area contributed by atoms with Gasteiger partial charge in [0, 0.05) is 12.6 Å². The Kier molecular flexibility index (Phi) is 6.38. The van der Waals surface area contributed by atoms with E-state index in [1.54, 1.807) is 0 Å². The molecule has 0 spiro atoms. The molecule has 0 N–H and O–H groups in total. The summed E-state index contributed by atoms with van der Waals surface area (Å²) >= 11 is 0. The van der Waals surface area contributed by atoms with Crippen molar-refractivity contribution in [3.05, 3.63) is 12.7 Å². The smallest absolute Gasteiger partial charge is 0.331 e. The Morgan fingerprint density at radius 1 is 1.67 bits per heavy atom. The van der Waals surface area contributed by atoms with Gasteiger partial charge in [-0.05, 0) is 13.5 Å². The third-order valence-electron chi connectivity index (χ3n) is 1.49. The molecular formula is C9H17NO2. The molecule has 0 fully saturated rings. The fourth-order valence-corrected chi connectivity index (χ4v) is 0.725. The molecule has 0 atom stereocenters. The lowest BCUT2D eigenvalue weighted by atomic mass is 10.3. The van der Waals surface area contributed by atoms with Crippen LogP contribution in [0.5, 0.6) is 0 Å². The third kappa shape index (κ3) is 5.92. The van der Waals surface area contributed by atoms with Crippen molar-refractivity contribution in [1.29, 1.82) is 0 Å². The summed E-state index contributed by atoms with van der Waals surface area (Å²) in [4.78, 5) is 12.6. The maximum absolute atomic E-state index is 10.6. The van der Waals surface area contributed by atoms with Gasteiger partial charge in [-0.2, -0.15) is 0 Å². The van der Waals surface area contributed by atoms with Gasteiger partial charge in [-0.3, -0.25) is 4.90 Å². The molecule has 12 heavy (non-hydrogen) atoms. The van der Waals surface area contributed by atoms with Crippen molar-refractivity contribution >= 4 is 5.97 Å². The minimum absolute atomic E-state index is 0.352. The molecule has 0 radical (unpaired) electrons. The van der Waals surface area contributed by atoms with Gasteiger partial charge < -0.3 is 4.74 Å². The fraction of sp³-hybridized carbons (Fsp3) is 0.667. The first-order chi connectivity index (χ1) is 5.70. The normalized spacial score (nSPS) is 9.92. The Labute approximate surface area is 74.0 Å². The van der Waals surface area contributed by atoms with Gasteiger partial charge in [-0.15, -0.1) is 0 Å². The lowest BCUT2D eigenvalue weighted by molar-refractivity contribution is -0.141. The predicted molar refractivity (Wildman–Crippen MR) is 48.7 cm³/mol. The number of hydrogen-bond acceptors (Lipinski definition) is 3. The average Bonchev–Trinajstić information content (AvgIpc) is 2.10. The van der Waals surface area contributed by atoms with Crippen LogP contribution in [0.4, 0.5) is 0 Å². The minimum Gasteiger partial charge on any atom is -0.446 e. The molecule has 0 rings (SSSR count). The van der Waals surface area contributed by atoms with Gasteiger partial charge in [0.25, 0.3) is 0 Å². The van der Waals surface area contributed by atoms with Crippen LogP contribution in [0.1, 0.15) is 19.8 Å². The summed E-state index contributed by atoms with van der Waals surface area (Å²) in [5.41, 5.74) is 0. The van der Waals surface area contributed by atoms with E-state index in [1.165, 1.54) is 6.08 Å². The molecule has 3 nitrogen and oxygen atoms in total. The Balaban J connectivity index is 3.36. The first-order valence-corrected chi connectivity index (χ1v) is 4.18. The van der Waals surface area contributed by atoms with Gasteiger partial charge >= 0.3 is 5.97 Å². The average molecular weight is 171 g/mol. The Bertz CT molecular complexity index is 145. The minimum atomic E-state index is -0.363.